The molecule has 184 valence electrons. The van der Waals surface area contributed by atoms with Crippen LogP contribution in [0.25, 0.3) is 22.2 Å². The van der Waals surface area contributed by atoms with Crippen molar-refractivity contribution in [3.8, 4) is 11.1 Å². The maximum absolute atomic E-state index is 10.0. The molecule has 1 aromatic carbocycles. The first kappa shape index (κ1) is 24.7. The molecule has 1 unspecified atom stereocenters. The van der Waals surface area contributed by atoms with E-state index >= 15 is 0 Å². The summed E-state index contributed by atoms with van der Waals surface area (Å²) in [7, 11) is 0. The number of aliphatic hydroxyl groups is 1. The summed E-state index contributed by atoms with van der Waals surface area (Å²) in [6.45, 7) is 11.8. The predicted octanol–water partition coefficient (Wildman–Crippen LogP) is 6.06. The summed E-state index contributed by atoms with van der Waals surface area (Å²) in [5.74, 6) is 0.693. The average molecular weight is 464 g/mol. The second-order valence-corrected chi connectivity index (χ2v) is 11.0. The highest BCUT2D eigenvalue weighted by Gasteiger charge is 2.24. The van der Waals surface area contributed by atoms with Crippen LogP contribution in [0.4, 0.5) is 5.95 Å². The number of hydrogen-bond acceptors (Lipinski definition) is 5. The Labute approximate surface area is 204 Å². The molecule has 3 N–H and O–H groups in total. The summed E-state index contributed by atoms with van der Waals surface area (Å²) in [6.07, 6.45) is 9.91. The fourth-order valence-corrected chi connectivity index (χ4v) is 4.84. The summed E-state index contributed by atoms with van der Waals surface area (Å²) < 4.78 is 2.34. The molecule has 0 amide bonds. The van der Waals surface area contributed by atoms with Crippen LogP contribution in [-0.4, -0.2) is 37.3 Å². The van der Waals surface area contributed by atoms with E-state index in [1.54, 1.807) is 0 Å². The Morgan fingerprint density at radius 3 is 2.47 bits per heavy atom. The van der Waals surface area contributed by atoms with Crippen LogP contribution < -0.4 is 10.6 Å². The van der Waals surface area contributed by atoms with E-state index in [9.17, 15) is 5.11 Å². The van der Waals surface area contributed by atoms with Crippen molar-refractivity contribution in [2.45, 2.75) is 103 Å². The van der Waals surface area contributed by atoms with Gasteiger partial charge in [0.25, 0.3) is 0 Å². The van der Waals surface area contributed by atoms with E-state index in [1.807, 2.05) is 6.20 Å². The van der Waals surface area contributed by atoms with Crippen molar-refractivity contribution in [3.63, 3.8) is 0 Å². The molecule has 0 radical (unpaired) electrons. The molecule has 0 bridgehead atoms. The number of aromatic nitrogens is 3. The van der Waals surface area contributed by atoms with E-state index in [1.165, 1.54) is 16.7 Å². The maximum Gasteiger partial charge on any atom is 0.224 e. The number of fused-ring (bicyclic) bond motifs is 1. The number of nitrogens with zero attached hydrogens (tertiary/aromatic N) is 3. The lowest BCUT2D eigenvalue weighted by molar-refractivity contribution is 0.111. The molecular formula is C28H41N5O. The van der Waals surface area contributed by atoms with Gasteiger partial charge in [0.05, 0.1) is 6.10 Å². The molecule has 1 saturated carbocycles. The number of benzene rings is 1. The minimum Gasteiger partial charge on any atom is -0.393 e. The number of aliphatic hydroxyl groups excluding tert-OH is 1. The Bertz CT molecular complexity index is 1070. The lowest BCUT2D eigenvalue weighted by atomic mass is 9.93. The molecule has 0 spiro atoms. The van der Waals surface area contributed by atoms with E-state index in [-0.39, 0.29) is 11.6 Å². The molecule has 1 atom stereocenters. The number of rotatable bonds is 8. The third kappa shape index (κ3) is 5.97. The largest absolute Gasteiger partial charge is 0.393 e. The molecule has 4 rings (SSSR count). The molecule has 1 fully saturated rings. The van der Waals surface area contributed by atoms with Gasteiger partial charge in [0, 0.05) is 47.5 Å². The molecule has 2 aromatic heterocycles. The highest BCUT2D eigenvalue weighted by Crippen LogP contribution is 2.36. The van der Waals surface area contributed by atoms with Crippen molar-refractivity contribution >= 4 is 17.0 Å². The normalized spacial score (nSPS) is 19.9. The fraction of sp³-hybridized carbons (Fsp3) is 0.571. The van der Waals surface area contributed by atoms with Crippen molar-refractivity contribution in [1.29, 1.82) is 0 Å². The van der Waals surface area contributed by atoms with Gasteiger partial charge in [-0.2, -0.15) is 4.98 Å². The van der Waals surface area contributed by atoms with Gasteiger partial charge in [-0.1, -0.05) is 37.6 Å². The number of nitrogens with one attached hydrogen (secondary N) is 2. The average Bonchev–Trinajstić information content (AvgIpc) is 3.17. The fourth-order valence-electron chi connectivity index (χ4n) is 4.84. The zero-order valence-corrected chi connectivity index (χ0v) is 21.4. The lowest BCUT2D eigenvalue weighted by Gasteiger charge is -2.27. The highest BCUT2D eigenvalue weighted by atomic mass is 16.3. The lowest BCUT2D eigenvalue weighted by Crippen LogP contribution is -2.35. The van der Waals surface area contributed by atoms with E-state index in [4.69, 9.17) is 4.98 Å². The third-order valence-electron chi connectivity index (χ3n) is 6.82. The topological polar surface area (TPSA) is 75.0 Å². The third-order valence-corrected chi connectivity index (χ3v) is 6.82. The summed E-state index contributed by atoms with van der Waals surface area (Å²) in [5.41, 5.74) is 4.71. The summed E-state index contributed by atoms with van der Waals surface area (Å²) in [5, 5.41) is 18.1. The van der Waals surface area contributed by atoms with Crippen LogP contribution in [0.5, 0.6) is 0 Å². The van der Waals surface area contributed by atoms with Crippen molar-refractivity contribution < 1.29 is 5.11 Å². The van der Waals surface area contributed by atoms with Crippen molar-refractivity contribution in [3.05, 3.63) is 42.2 Å². The Balaban J connectivity index is 1.67. The number of anilines is 1. The molecule has 0 aliphatic heterocycles. The van der Waals surface area contributed by atoms with Crippen LogP contribution in [-0.2, 0) is 6.54 Å². The Morgan fingerprint density at radius 2 is 1.82 bits per heavy atom. The van der Waals surface area contributed by atoms with E-state index in [0.29, 0.717) is 18.0 Å². The van der Waals surface area contributed by atoms with Gasteiger partial charge in [-0.05, 0) is 70.9 Å². The monoisotopic (exact) mass is 463 g/mol. The van der Waals surface area contributed by atoms with Gasteiger partial charge in [-0.3, -0.25) is 0 Å². The zero-order chi connectivity index (χ0) is 24.3. The molecule has 3 aromatic rings. The minimum atomic E-state index is -0.173. The Kier molecular flexibility index (Phi) is 7.58. The van der Waals surface area contributed by atoms with Gasteiger partial charge in [-0.15, -0.1) is 0 Å². The Morgan fingerprint density at radius 1 is 1.12 bits per heavy atom. The molecule has 6 nitrogen and oxygen atoms in total. The smallest absolute Gasteiger partial charge is 0.224 e. The minimum absolute atomic E-state index is 0.0946. The van der Waals surface area contributed by atoms with E-state index < -0.39 is 0 Å². The van der Waals surface area contributed by atoms with Crippen LogP contribution in [0, 0.1) is 0 Å². The molecule has 1 aliphatic rings. The molecule has 1 aliphatic carbocycles. The van der Waals surface area contributed by atoms with Gasteiger partial charge >= 0.3 is 0 Å². The molecule has 2 heterocycles. The highest BCUT2D eigenvalue weighted by molar-refractivity contribution is 5.94. The van der Waals surface area contributed by atoms with E-state index in [0.717, 1.165) is 56.1 Å². The van der Waals surface area contributed by atoms with Crippen molar-refractivity contribution in [2.75, 3.05) is 5.32 Å². The molecule has 6 heteroatoms. The second-order valence-electron chi connectivity index (χ2n) is 11.0. The Hall–Kier alpha value is -2.44. The van der Waals surface area contributed by atoms with Crippen LogP contribution in [0.15, 0.2) is 36.7 Å². The van der Waals surface area contributed by atoms with Gasteiger partial charge in [0.2, 0.25) is 5.95 Å². The van der Waals surface area contributed by atoms with Gasteiger partial charge < -0.3 is 20.3 Å². The van der Waals surface area contributed by atoms with Crippen molar-refractivity contribution in [1.82, 2.24) is 19.9 Å². The van der Waals surface area contributed by atoms with Crippen LogP contribution >= 0.6 is 0 Å². The van der Waals surface area contributed by atoms with Crippen LogP contribution in [0.2, 0.25) is 0 Å². The molecule has 0 saturated heterocycles. The van der Waals surface area contributed by atoms with Crippen LogP contribution in [0.1, 0.15) is 84.7 Å². The van der Waals surface area contributed by atoms with Gasteiger partial charge in [0.15, 0.2) is 0 Å². The SMILES string of the molecule is CCCC(C)Nc1ncc2c(-c3ccc(CNC(C)(C)C)cc3)cn([C@H]3CC[C@H](O)CC3)c2n1. The maximum atomic E-state index is 10.0. The quantitative estimate of drug-likeness (QED) is 0.378. The van der Waals surface area contributed by atoms with Crippen molar-refractivity contribution in [2.24, 2.45) is 0 Å². The first-order valence-corrected chi connectivity index (χ1v) is 12.9. The molecule has 34 heavy (non-hydrogen) atoms. The second kappa shape index (κ2) is 10.4. The van der Waals surface area contributed by atoms with Gasteiger partial charge in [0.1, 0.15) is 5.65 Å². The van der Waals surface area contributed by atoms with E-state index in [2.05, 4.69) is 85.3 Å². The first-order valence-electron chi connectivity index (χ1n) is 12.9. The first-order chi connectivity index (χ1) is 16.2. The summed E-state index contributed by atoms with van der Waals surface area (Å²) in [6, 6.07) is 9.52. The zero-order valence-electron chi connectivity index (χ0n) is 21.4. The summed E-state index contributed by atoms with van der Waals surface area (Å²) in [4.78, 5) is 9.65. The number of hydrogen-bond donors (Lipinski definition) is 3. The van der Waals surface area contributed by atoms with Gasteiger partial charge in [-0.25, -0.2) is 4.98 Å². The van der Waals surface area contributed by atoms with Crippen LogP contribution in [0.3, 0.4) is 0 Å². The summed E-state index contributed by atoms with van der Waals surface area (Å²) >= 11 is 0. The predicted molar refractivity (Wildman–Crippen MR) is 141 cm³/mol. The molecular weight excluding hydrogens is 422 g/mol. The standard InChI is InChI=1S/C28H41N5O/c1-6-7-19(2)31-27-29-17-24-25(21-10-8-20(9-11-21)16-30-28(3,4)5)18-33(26(24)32-27)22-12-14-23(34)15-13-22/h8-11,17-19,22-23,30,34H,6-7,12-16H2,1-5H3,(H,29,31,32)/t19?,22-,23-.